The average molecular weight is 308 g/mol. The first-order chi connectivity index (χ1) is 7.50. The molecule has 0 bridgehead atoms. The van der Waals surface area contributed by atoms with Gasteiger partial charge in [-0.05, 0) is 55.0 Å². The lowest BCUT2D eigenvalue weighted by Crippen LogP contribution is -2.39. The van der Waals surface area contributed by atoms with Gasteiger partial charge in [-0.3, -0.25) is 4.90 Å². The van der Waals surface area contributed by atoms with Crippen LogP contribution in [0.1, 0.15) is 27.7 Å². The molecule has 1 aromatic rings. The molecule has 0 radical (unpaired) electrons. The fraction of sp³-hybridized carbons (Fsp3) is 0.800. The first-order valence-electron chi connectivity index (χ1n) is 5.38. The van der Waals surface area contributed by atoms with Crippen LogP contribution >= 0.6 is 27.3 Å². The monoisotopic (exact) mass is 307 g/mol. The molecule has 1 rings (SSSR count). The van der Waals surface area contributed by atoms with Crippen molar-refractivity contribution < 1.29 is 4.74 Å². The number of aromatic nitrogens is 2. The van der Waals surface area contributed by atoms with Gasteiger partial charge in [-0.1, -0.05) is 5.10 Å². The third-order valence-corrected chi connectivity index (χ3v) is 3.55. The summed E-state index contributed by atoms with van der Waals surface area (Å²) in [4.78, 5) is 2.38. The van der Waals surface area contributed by atoms with Gasteiger partial charge in [-0.2, -0.15) is 0 Å². The first-order valence-corrected chi connectivity index (χ1v) is 6.99. The van der Waals surface area contributed by atoms with Crippen LogP contribution in [0.4, 0.5) is 0 Å². The topological polar surface area (TPSA) is 38.2 Å². The predicted octanol–water partition coefficient (Wildman–Crippen LogP) is 2.80. The molecular formula is C10H18BrN3OS. The molecule has 0 saturated heterocycles. The zero-order chi connectivity index (χ0) is 12.1. The molecule has 4 nitrogen and oxygen atoms in total. The lowest BCUT2D eigenvalue weighted by molar-refractivity contribution is 0.141. The maximum absolute atomic E-state index is 5.53. The summed E-state index contributed by atoms with van der Waals surface area (Å²) in [5.74, 6) is 0. The highest BCUT2D eigenvalue weighted by Gasteiger charge is 2.13. The molecule has 0 unspecified atom stereocenters. The number of nitrogens with zero attached hydrogens (tertiary/aromatic N) is 3. The Morgan fingerprint density at radius 2 is 1.88 bits per heavy atom. The van der Waals surface area contributed by atoms with Crippen molar-refractivity contribution in [1.29, 1.82) is 0 Å². The van der Waals surface area contributed by atoms with Crippen LogP contribution in [-0.4, -0.2) is 40.3 Å². The maximum Gasteiger partial charge on any atom is 0.294 e. The van der Waals surface area contributed by atoms with E-state index in [0.717, 1.165) is 10.5 Å². The third-order valence-electron chi connectivity index (χ3n) is 2.28. The van der Waals surface area contributed by atoms with Gasteiger partial charge in [0, 0.05) is 18.6 Å². The van der Waals surface area contributed by atoms with E-state index in [1.54, 1.807) is 0 Å². The van der Waals surface area contributed by atoms with Gasteiger partial charge in [0.2, 0.25) is 0 Å². The Kier molecular flexibility index (Phi) is 5.64. The van der Waals surface area contributed by atoms with E-state index in [4.69, 9.17) is 4.74 Å². The smallest absolute Gasteiger partial charge is 0.294 e. The zero-order valence-electron chi connectivity index (χ0n) is 10.1. The summed E-state index contributed by atoms with van der Waals surface area (Å²) in [5, 5.41) is 8.34. The minimum Gasteiger partial charge on any atom is -0.468 e. The molecular weight excluding hydrogens is 290 g/mol. The minimum absolute atomic E-state index is 0.532. The van der Waals surface area contributed by atoms with E-state index in [1.165, 1.54) is 11.3 Å². The van der Waals surface area contributed by atoms with E-state index in [-0.39, 0.29) is 0 Å². The Balaban J connectivity index is 2.33. The van der Waals surface area contributed by atoms with Crippen molar-refractivity contribution >= 4 is 27.3 Å². The minimum atomic E-state index is 0.532. The van der Waals surface area contributed by atoms with Gasteiger partial charge < -0.3 is 4.74 Å². The largest absolute Gasteiger partial charge is 0.468 e. The molecule has 0 N–H and O–H groups in total. The highest BCUT2D eigenvalue weighted by molar-refractivity contribution is 9.11. The molecule has 16 heavy (non-hydrogen) atoms. The number of rotatable bonds is 6. The summed E-state index contributed by atoms with van der Waals surface area (Å²) in [6.45, 7) is 10.3. The van der Waals surface area contributed by atoms with E-state index < -0.39 is 0 Å². The summed E-state index contributed by atoms with van der Waals surface area (Å²) in [6.07, 6.45) is 0. The van der Waals surface area contributed by atoms with Crippen molar-refractivity contribution in [2.45, 2.75) is 39.8 Å². The molecule has 0 fully saturated rings. The molecule has 92 valence electrons. The molecule has 0 aliphatic rings. The predicted molar refractivity (Wildman–Crippen MR) is 70.1 cm³/mol. The van der Waals surface area contributed by atoms with E-state index >= 15 is 0 Å². The van der Waals surface area contributed by atoms with Crippen LogP contribution in [0.2, 0.25) is 0 Å². The summed E-state index contributed by atoms with van der Waals surface area (Å²) < 4.78 is 6.29. The van der Waals surface area contributed by atoms with Gasteiger partial charge in [0.1, 0.15) is 6.61 Å². The molecule has 0 spiro atoms. The summed E-state index contributed by atoms with van der Waals surface area (Å²) >= 11 is 4.66. The van der Waals surface area contributed by atoms with E-state index in [0.29, 0.717) is 23.9 Å². The lowest BCUT2D eigenvalue weighted by Gasteiger charge is -2.29. The highest BCUT2D eigenvalue weighted by atomic mass is 79.9. The van der Waals surface area contributed by atoms with Crippen LogP contribution < -0.4 is 4.74 Å². The zero-order valence-corrected chi connectivity index (χ0v) is 12.5. The summed E-state index contributed by atoms with van der Waals surface area (Å²) in [7, 11) is 0. The van der Waals surface area contributed by atoms with Crippen LogP contribution in [0.25, 0.3) is 0 Å². The van der Waals surface area contributed by atoms with E-state index in [1.807, 2.05) is 0 Å². The van der Waals surface area contributed by atoms with Crippen molar-refractivity contribution in [3.05, 3.63) is 3.92 Å². The maximum atomic E-state index is 5.53. The number of hydrogen-bond donors (Lipinski definition) is 0. The van der Waals surface area contributed by atoms with Crippen LogP contribution in [0.5, 0.6) is 5.19 Å². The number of ether oxygens (including phenoxy) is 1. The van der Waals surface area contributed by atoms with Gasteiger partial charge in [-0.25, -0.2) is 0 Å². The third kappa shape index (κ3) is 4.35. The normalized spacial score (nSPS) is 11.8. The second-order valence-corrected chi connectivity index (χ2v) is 6.31. The van der Waals surface area contributed by atoms with Crippen molar-refractivity contribution in [3.63, 3.8) is 0 Å². The van der Waals surface area contributed by atoms with E-state index in [2.05, 4.69) is 58.7 Å². The fourth-order valence-corrected chi connectivity index (χ4v) is 2.55. The fourth-order valence-electron chi connectivity index (χ4n) is 1.60. The highest BCUT2D eigenvalue weighted by Crippen LogP contribution is 2.22. The standard InChI is InChI=1S/C10H18BrN3OS/c1-7(2)14(8(3)4)5-6-15-10-13-12-9(11)16-10/h7-8H,5-6H2,1-4H3. The molecule has 1 aromatic heterocycles. The first kappa shape index (κ1) is 13.9. The Morgan fingerprint density at radius 3 is 2.31 bits per heavy atom. The molecule has 0 aromatic carbocycles. The molecule has 1 heterocycles. The Morgan fingerprint density at radius 1 is 1.25 bits per heavy atom. The molecule has 0 saturated carbocycles. The molecule has 6 heteroatoms. The number of hydrogen-bond acceptors (Lipinski definition) is 5. The second-order valence-electron chi connectivity index (χ2n) is 4.09. The van der Waals surface area contributed by atoms with Crippen molar-refractivity contribution in [3.8, 4) is 5.19 Å². The van der Waals surface area contributed by atoms with Crippen molar-refractivity contribution in [1.82, 2.24) is 15.1 Å². The van der Waals surface area contributed by atoms with Gasteiger partial charge in [-0.15, -0.1) is 5.10 Å². The SMILES string of the molecule is CC(C)N(CCOc1nnc(Br)s1)C(C)C. The van der Waals surface area contributed by atoms with Gasteiger partial charge in [0.15, 0.2) is 3.92 Å². The van der Waals surface area contributed by atoms with Crippen LogP contribution in [0.3, 0.4) is 0 Å². The Labute approximate surface area is 109 Å². The van der Waals surface area contributed by atoms with Crippen LogP contribution in [0.15, 0.2) is 3.92 Å². The van der Waals surface area contributed by atoms with Gasteiger partial charge in [0.05, 0.1) is 0 Å². The second kappa shape index (κ2) is 6.51. The Bertz CT molecular complexity index is 309. The van der Waals surface area contributed by atoms with Crippen LogP contribution in [-0.2, 0) is 0 Å². The quantitative estimate of drug-likeness (QED) is 0.810. The summed E-state index contributed by atoms with van der Waals surface area (Å²) in [5.41, 5.74) is 0. The van der Waals surface area contributed by atoms with Crippen LogP contribution in [0, 0.1) is 0 Å². The van der Waals surface area contributed by atoms with Crippen molar-refractivity contribution in [2.75, 3.05) is 13.2 Å². The van der Waals surface area contributed by atoms with Gasteiger partial charge >= 0.3 is 0 Å². The molecule has 0 aliphatic heterocycles. The number of halogens is 1. The average Bonchev–Trinajstić information content (AvgIpc) is 2.57. The molecule has 0 amide bonds. The van der Waals surface area contributed by atoms with Gasteiger partial charge in [0.25, 0.3) is 5.19 Å². The molecule has 0 aliphatic carbocycles. The van der Waals surface area contributed by atoms with E-state index in [9.17, 15) is 0 Å². The summed E-state index contributed by atoms with van der Waals surface area (Å²) in [6, 6.07) is 1.06. The lowest BCUT2D eigenvalue weighted by atomic mass is 10.2. The van der Waals surface area contributed by atoms with Crippen molar-refractivity contribution in [2.24, 2.45) is 0 Å². The molecule has 0 atom stereocenters. The Hall–Kier alpha value is -0.200.